The predicted octanol–water partition coefficient (Wildman–Crippen LogP) is 4.40. The van der Waals surface area contributed by atoms with E-state index in [-0.39, 0.29) is 5.78 Å². The van der Waals surface area contributed by atoms with Crippen molar-refractivity contribution >= 4 is 45.4 Å². The smallest absolute Gasteiger partial charge is 0.206 e. The molecule has 0 radical (unpaired) electrons. The van der Waals surface area contributed by atoms with Crippen molar-refractivity contribution in [2.24, 2.45) is 0 Å². The lowest BCUT2D eigenvalue weighted by Gasteiger charge is -1.98. The minimum Gasteiger partial charge on any atom is -0.360 e. The molecule has 0 saturated carbocycles. The third kappa shape index (κ3) is 4.79. The number of unbranched alkanes of at least 4 members (excludes halogenated alkanes) is 1. The van der Waals surface area contributed by atoms with Gasteiger partial charge >= 0.3 is 0 Å². The van der Waals surface area contributed by atoms with Crippen molar-refractivity contribution in [2.75, 3.05) is 17.6 Å². The van der Waals surface area contributed by atoms with E-state index in [4.69, 9.17) is 0 Å². The van der Waals surface area contributed by atoms with Crippen molar-refractivity contribution in [2.45, 2.75) is 38.0 Å². The number of anilines is 1. The van der Waals surface area contributed by atoms with Gasteiger partial charge in [-0.15, -0.1) is 21.5 Å². The summed E-state index contributed by atoms with van der Waals surface area (Å²) in [6, 6.07) is 1.97. The molecule has 0 aliphatic carbocycles. The van der Waals surface area contributed by atoms with E-state index < -0.39 is 0 Å². The van der Waals surface area contributed by atoms with E-state index in [1.807, 2.05) is 19.9 Å². The van der Waals surface area contributed by atoms with Gasteiger partial charge in [0, 0.05) is 21.9 Å². The molecule has 2 heterocycles. The number of Topliss-reactive ketones (excluding diaryl/α,β-unsaturated/α-hetero) is 1. The summed E-state index contributed by atoms with van der Waals surface area (Å²) in [4.78, 5) is 14.5. The van der Waals surface area contributed by atoms with Gasteiger partial charge in [0.2, 0.25) is 5.13 Å². The average molecular weight is 342 g/mol. The molecule has 2 aromatic rings. The number of ketones is 1. The van der Waals surface area contributed by atoms with E-state index in [0.29, 0.717) is 5.75 Å². The highest BCUT2D eigenvalue weighted by molar-refractivity contribution is 8.01. The SMILES string of the molecule is CCCCNc1nnc(SCC(=O)c2cc(C)sc2C)s1. The van der Waals surface area contributed by atoms with Gasteiger partial charge in [-0.1, -0.05) is 36.4 Å². The summed E-state index contributed by atoms with van der Waals surface area (Å²) in [6.07, 6.45) is 2.28. The van der Waals surface area contributed by atoms with Crippen LogP contribution >= 0.6 is 34.4 Å². The maximum Gasteiger partial charge on any atom is 0.206 e. The summed E-state index contributed by atoms with van der Waals surface area (Å²) in [5.74, 6) is 0.582. The number of nitrogens with one attached hydrogen (secondary N) is 1. The van der Waals surface area contributed by atoms with Crippen molar-refractivity contribution in [1.29, 1.82) is 0 Å². The van der Waals surface area contributed by atoms with Crippen molar-refractivity contribution in [3.05, 3.63) is 21.4 Å². The number of nitrogens with zero attached hydrogens (tertiary/aromatic N) is 2. The average Bonchev–Trinajstić information content (AvgIpc) is 3.03. The molecule has 0 amide bonds. The Morgan fingerprint density at radius 3 is 2.81 bits per heavy atom. The van der Waals surface area contributed by atoms with E-state index in [1.165, 1.54) is 28.0 Å². The fraction of sp³-hybridized carbons (Fsp3) is 0.500. The van der Waals surface area contributed by atoms with Gasteiger partial charge in [0.1, 0.15) is 0 Å². The van der Waals surface area contributed by atoms with Gasteiger partial charge in [0.05, 0.1) is 5.75 Å². The van der Waals surface area contributed by atoms with Gasteiger partial charge < -0.3 is 5.32 Å². The molecule has 2 rings (SSSR count). The molecule has 114 valence electrons. The van der Waals surface area contributed by atoms with Crippen molar-refractivity contribution < 1.29 is 4.79 Å². The predicted molar refractivity (Wildman–Crippen MR) is 92.2 cm³/mol. The fourth-order valence-electron chi connectivity index (χ4n) is 1.82. The molecule has 0 aliphatic rings. The molecule has 0 unspecified atom stereocenters. The second-order valence-electron chi connectivity index (χ2n) is 4.69. The lowest BCUT2D eigenvalue weighted by molar-refractivity contribution is 0.102. The van der Waals surface area contributed by atoms with Crippen LogP contribution in [0, 0.1) is 13.8 Å². The maximum absolute atomic E-state index is 12.2. The zero-order chi connectivity index (χ0) is 15.2. The molecule has 1 N–H and O–H groups in total. The Bertz CT molecular complexity index is 606. The van der Waals surface area contributed by atoms with Crippen molar-refractivity contribution in [1.82, 2.24) is 10.2 Å². The Morgan fingerprint density at radius 1 is 1.33 bits per heavy atom. The first kappa shape index (κ1) is 16.5. The van der Waals surface area contributed by atoms with Crippen LogP contribution in [0.15, 0.2) is 10.4 Å². The van der Waals surface area contributed by atoms with Crippen LogP contribution in [0.25, 0.3) is 0 Å². The number of carbonyl (C=O) groups excluding carboxylic acids is 1. The molecule has 0 saturated heterocycles. The Labute approximate surface area is 137 Å². The van der Waals surface area contributed by atoms with E-state index in [1.54, 1.807) is 11.3 Å². The molecule has 4 nitrogen and oxygen atoms in total. The van der Waals surface area contributed by atoms with Gasteiger partial charge in [0.25, 0.3) is 0 Å². The van der Waals surface area contributed by atoms with Gasteiger partial charge in [-0.05, 0) is 26.3 Å². The summed E-state index contributed by atoms with van der Waals surface area (Å²) in [7, 11) is 0. The molecule has 0 atom stereocenters. The summed E-state index contributed by atoms with van der Waals surface area (Å²) < 4.78 is 0.840. The summed E-state index contributed by atoms with van der Waals surface area (Å²) in [5, 5.41) is 12.3. The van der Waals surface area contributed by atoms with E-state index in [2.05, 4.69) is 22.4 Å². The molecule has 0 fully saturated rings. The first-order chi connectivity index (χ1) is 10.1. The number of hydrogen-bond donors (Lipinski definition) is 1. The lowest BCUT2D eigenvalue weighted by atomic mass is 10.2. The highest BCUT2D eigenvalue weighted by atomic mass is 32.2. The van der Waals surface area contributed by atoms with Crippen LogP contribution in [0.3, 0.4) is 0 Å². The highest BCUT2D eigenvalue weighted by Gasteiger charge is 2.14. The number of aryl methyl sites for hydroxylation is 2. The van der Waals surface area contributed by atoms with Crippen LogP contribution < -0.4 is 5.32 Å². The van der Waals surface area contributed by atoms with Crippen LogP contribution in [0.2, 0.25) is 0 Å². The highest BCUT2D eigenvalue weighted by Crippen LogP contribution is 2.28. The lowest BCUT2D eigenvalue weighted by Crippen LogP contribution is -2.02. The second kappa shape index (κ2) is 7.91. The van der Waals surface area contributed by atoms with Crippen LogP contribution in [-0.4, -0.2) is 28.3 Å². The summed E-state index contributed by atoms with van der Waals surface area (Å²) >= 11 is 4.64. The zero-order valence-electron chi connectivity index (χ0n) is 12.4. The van der Waals surface area contributed by atoms with Crippen molar-refractivity contribution in [3.63, 3.8) is 0 Å². The molecule has 0 spiro atoms. The van der Waals surface area contributed by atoms with Gasteiger partial charge in [-0.25, -0.2) is 0 Å². The summed E-state index contributed by atoms with van der Waals surface area (Å²) in [6.45, 7) is 7.10. The van der Waals surface area contributed by atoms with Crippen molar-refractivity contribution in [3.8, 4) is 0 Å². The fourth-order valence-corrected chi connectivity index (χ4v) is 4.43. The molecule has 0 aromatic carbocycles. The van der Waals surface area contributed by atoms with Gasteiger partial charge in [0.15, 0.2) is 10.1 Å². The number of thioether (sulfide) groups is 1. The third-order valence-electron chi connectivity index (χ3n) is 2.88. The van der Waals surface area contributed by atoms with Gasteiger partial charge in [-0.2, -0.15) is 0 Å². The largest absolute Gasteiger partial charge is 0.360 e. The van der Waals surface area contributed by atoms with Crippen LogP contribution in [0.1, 0.15) is 39.9 Å². The Balaban J connectivity index is 1.85. The van der Waals surface area contributed by atoms with Crippen LogP contribution in [0.5, 0.6) is 0 Å². The second-order valence-corrected chi connectivity index (χ2v) is 8.35. The van der Waals surface area contributed by atoms with E-state index >= 15 is 0 Å². The monoisotopic (exact) mass is 341 g/mol. The molecular weight excluding hydrogens is 322 g/mol. The Morgan fingerprint density at radius 2 is 2.14 bits per heavy atom. The standard InChI is InChI=1S/C14H19N3OS3/c1-4-5-6-15-13-16-17-14(21-13)19-8-12(18)11-7-9(2)20-10(11)3/h7H,4-6,8H2,1-3H3,(H,15,16). The first-order valence-electron chi connectivity index (χ1n) is 6.90. The topological polar surface area (TPSA) is 54.9 Å². The Hall–Kier alpha value is -0.920. The Kier molecular flexibility index (Phi) is 6.20. The normalized spacial score (nSPS) is 10.8. The molecule has 0 aliphatic heterocycles. The summed E-state index contributed by atoms with van der Waals surface area (Å²) in [5.41, 5.74) is 0.843. The number of thiophene rings is 1. The third-order valence-corrected chi connectivity index (χ3v) is 5.86. The molecule has 7 heteroatoms. The number of rotatable bonds is 8. The van der Waals surface area contributed by atoms with Crippen LogP contribution in [0.4, 0.5) is 5.13 Å². The molecule has 2 aromatic heterocycles. The van der Waals surface area contributed by atoms with E-state index in [0.717, 1.165) is 39.3 Å². The molecular formula is C14H19N3OS3. The molecule has 21 heavy (non-hydrogen) atoms. The van der Waals surface area contributed by atoms with Gasteiger partial charge in [-0.3, -0.25) is 4.79 Å². The number of aromatic nitrogens is 2. The first-order valence-corrected chi connectivity index (χ1v) is 9.52. The number of carbonyl (C=O) groups is 1. The maximum atomic E-state index is 12.2. The van der Waals surface area contributed by atoms with E-state index in [9.17, 15) is 4.79 Å². The number of hydrogen-bond acceptors (Lipinski definition) is 7. The molecule has 0 bridgehead atoms. The minimum absolute atomic E-state index is 0.164. The van der Waals surface area contributed by atoms with Crippen LogP contribution in [-0.2, 0) is 0 Å². The quantitative estimate of drug-likeness (QED) is 0.438. The minimum atomic E-state index is 0.164. The zero-order valence-corrected chi connectivity index (χ0v) is 14.9.